The van der Waals surface area contributed by atoms with Crippen molar-refractivity contribution in [3.8, 4) is 0 Å². The van der Waals surface area contributed by atoms with Crippen molar-refractivity contribution < 1.29 is 4.74 Å². The van der Waals surface area contributed by atoms with Crippen LogP contribution >= 0.6 is 0 Å². The summed E-state index contributed by atoms with van der Waals surface area (Å²) in [5.41, 5.74) is 6.32. The highest BCUT2D eigenvalue weighted by atomic mass is 16.5. The zero-order valence-electron chi connectivity index (χ0n) is 11.8. The molecule has 1 aliphatic rings. The largest absolute Gasteiger partial charge is 0.381 e. The highest BCUT2D eigenvalue weighted by Gasteiger charge is 2.25. The summed E-state index contributed by atoms with van der Waals surface area (Å²) >= 11 is 0. The molecule has 0 spiro atoms. The second-order valence-corrected chi connectivity index (χ2v) is 5.39. The fourth-order valence-electron chi connectivity index (χ4n) is 2.42. The molecule has 17 heavy (non-hydrogen) atoms. The smallest absolute Gasteiger partial charge is 0.0510 e. The van der Waals surface area contributed by atoms with Crippen LogP contribution in [0.4, 0.5) is 0 Å². The van der Waals surface area contributed by atoms with E-state index in [1.807, 2.05) is 0 Å². The van der Waals surface area contributed by atoms with Gasteiger partial charge in [0.2, 0.25) is 0 Å². The summed E-state index contributed by atoms with van der Waals surface area (Å²) < 4.78 is 5.43. The molecule has 1 fully saturated rings. The van der Waals surface area contributed by atoms with E-state index in [0.717, 1.165) is 26.2 Å². The quantitative estimate of drug-likeness (QED) is 0.709. The van der Waals surface area contributed by atoms with Gasteiger partial charge < -0.3 is 10.5 Å². The molecule has 1 saturated heterocycles. The summed E-state index contributed by atoms with van der Waals surface area (Å²) in [5.74, 6) is 0.572. The van der Waals surface area contributed by atoms with Crippen LogP contribution in [0.1, 0.15) is 46.5 Å². The lowest BCUT2D eigenvalue weighted by Crippen LogP contribution is -2.46. The Balaban J connectivity index is 2.39. The molecule has 3 heteroatoms. The Hall–Kier alpha value is -0.120. The molecule has 1 rings (SSSR count). The van der Waals surface area contributed by atoms with Crippen LogP contribution in [0.5, 0.6) is 0 Å². The van der Waals surface area contributed by atoms with E-state index in [-0.39, 0.29) is 6.04 Å². The van der Waals surface area contributed by atoms with Gasteiger partial charge in [-0.15, -0.1) is 0 Å². The van der Waals surface area contributed by atoms with Gasteiger partial charge in [0.25, 0.3) is 0 Å². The second-order valence-electron chi connectivity index (χ2n) is 5.39. The second kappa shape index (κ2) is 8.06. The van der Waals surface area contributed by atoms with E-state index in [1.165, 1.54) is 25.8 Å². The van der Waals surface area contributed by atoms with Crippen molar-refractivity contribution in [2.75, 3.05) is 26.3 Å². The summed E-state index contributed by atoms with van der Waals surface area (Å²) in [5, 5.41) is 0. The van der Waals surface area contributed by atoms with Gasteiger partial charge >= 0.3 is 0 Å². The molecule has 1 aliphatic heterocycles. The lowest BCUT2D eigenvalue weighted by Gasteiger charge is -2.32. The minimum atomic E-state index is 0.281. The summed E-state index contributed by atoms with van der Waals surface area (Å²) in [6.45, 7) is 10.8. The van der Waals surface area contributed by atoms with Crippen LogP contribution < -0.4 is 5.73 Å². The predicted octanol–water partition coefficient (Wildman–Crippen LogP) is 2.25. The van der Waals surface area contributed by atoms with E-state index < -0.39 is 0 Å². The molecule has 0 aromatic rings. The number of nitrogens with zero attached hydrogens (tertiary/aromatic N) is 1. The van der Waals surface area contributed by atoms with Gasteiger partial charge in [-0.2, -0.15) is 0 Å². The third-order valence-corrected chi connectivity index (χ3v) is 4.03. The minimum Gasteiger partial charge on any atom is -0.381 e. The first-order chi connectivity index (χ1) is 8.19. The van der Waals surface area contributed by atoms with E-state index in [1.54, 1.807) is 0 Å². The van der Waals surface area contributed by atoms with Crippen LogP contribution in [0.15, 0.2) is 0 Å². The molecule has 0 amide bonds. The predicted molar refractivity (Wildman–Crippen MR) is 73.1 cm³/mol. The van der Waals surface area contributed by atoms with Crippen molar-refractivity contribution in [1.29, 1.82) is 0 Å². The van der Waals surface area contributed by atoms with Crippen LogP contribution in [0.25, 0.3) is 0 Å². The van der Waals surface area contributed by atoms with Gasteiger partial charge in [-0.05, 0) is 32.7 Å². The van der Waals surface area contributed by atoms with E-state index in [0.29, 0.717) is 12.0 Å². The third-order valence-electron chi connectivity index (χ3n) is 4.03. The fraction of sp³-hybridized carbons (Fsp3) is 1.00. The van der Waals surface area contributed by atoms with Gasteiger partial charge in [-0.25, -0.2) is 0 Å². The van der Waals surface area contributed by atoms with Crippen LogP contribution in [0, 0.1) is 5.92 Å². The Labute approximate surface area is 107 Å². The molecule has 3 unspecified atom stereocenters. The molecule has 0 bridgehead atoms. The average molecular weight is 242 g/mol. The molecule has 2 N–H and O–H groups in total. The summed E-state index contributed by atoms with van der Waals surface area (Å²) in [7, 11) is 0. The van der Waals surface area contributed by atoms with Crippen molar-refractivity contribution in [3.05, 3.63) is 0 Å². The normalized spacial score (nSPS) is 24.2. The summed E-state index contributed by atoms with van der Waals surface area (Å²) in [6.07, 6.45) is 4.88. The molecule has 102 valence electrons. The lowest BCUT2D eigenvalue weighted by atomic mass is 9.98. The number of unbranched alkanes of at least 4 members (excludes halogenated alkanes) is 1. The molecule has 0 radical (unpaired) electrons. The van der Waals surface area contributed by atoms with Gasteiger partial charge in [0.1, 0.15) is 0 Å². The molecule has 0 aliphatic carbocycles. The third kappa shape index (κ3) is 4.94. The van der Waals surface area contributed by atoms with E-state index >= 15 is 0 Å². The zero-order valence-corrected chi connectivity index (χ0v) is 11.8. The van der Waals surface area contributed by atoms with Gasteiger partial charge in [-0.3, -0.25) is 4.90 Å². The van der Waals surface area contributed by atoms with Crippen molar-refractivity contribution >= 4 is 0 Å². The number of ether oxygens (including phenoxy) is 1. The molecule has 3 nitrogen and oxygen atoms in total. The topological polar surface area (TPSA) is 38.5 Å². The zero-order chi connectivity index (χ0) is 12.7. The summed E-state index contributed by atoms with van der Waals surface area (Å²) in [4.78, 5) is 2.56. The van der Waals surface area contributed by atoms with Crippen LogP contribution in [-0.2, 0) is 4.74 Å². The van der Waals surface area contributed by atoms with E-state index in [2.05, 4.69) is 25.7 Å². The van der Waals surface area contributed by atoms with Crippen LogP contribution in [0.2, 0.25) is 0 Å². The Morgan fingerprint density at radius 3 is 2.71 bits per heavy atom. The van der Waals surface area contributed by atoms with E-state index in [4.69, 9.17) is 10.5 Å². The Morgan fingerprint density at radius 2 is 2.18 bits per heavy atom. The fourth-order valence-corrected chi connectivity index (χ4v) is 2.42. The highest BCUT2D eigenvalue weighted by Crippen LogP contribution is 2.17. The maximum Gasteiger partial charge on any atom is 0.0510 e. The number of hydrogen-bond acceptors (Lipinski definition) is 3. The Bertz CT molecular complexity index is 193. The van der Waals surface area contributed by atoms with Gasteiger partial charge in [0.15, 0.2) is 0 Å². The molecular weight excluding hydrogens is 212 g/mol. The first-order valence-corrected chi connectivity index (χ1v) is 7.26. The Kier molecular flexibility index (Phi) is 7.09. The Morgan fingerprint density at radius 1 is 1.41 bits per heavy atom. The van der Waals surface area contributed by atoms with Crippen molar-refractivity contribution in [1.82, 2.24) is 4.90 Å². The first kappa shape index (κ1) is 14.9. The van der Waals surface area contributed by atoms with Crippen LogP contribution in [0.3, 0.4) is 0 Å². The average Bonchev–Trinajstić information content (AvgIpc) is 2.87. The maximum absolute atomic E-state index is 6.32. The lowest BCUT2D eigenvalue weighted by molar-refractivity contribution is 0.152. The van der Waals surface area contributed by atoms with Crippen LogP contribution in [-0.4, -0.2) is 43.3 Å². The molecule has 3 atom stereocenters. The van der Waals surface area contributed by atoms with Crippen molar-refractivity contribution in [2.45, 2.75) is 58.5 Å². The molecule has 0 aromatic carbocycles. The highest BCUT2D eigenvalue weighted by molar-refractivity contribution is 4.81. The van der Waals surface area contributed by atoms with Crippen molar-refractivity contribution in [3.63, 3.8) is 0 Å². The number of nitrogens with two attached hydrogens (primary N) is 1. The minimum absolute atomic E-state index is 0.281. The molecular formula is C14H30N2O. The molecule has 0 saturated carbocycles. The number of hydrogen-bond donors (Lipinski definition) is 1. The first-order valence-electron chi connectivity index (χ1n) is 7.26. The van der Waals surface area contributed by atoms with Gasteiger partial charge in [-0.1, -0.05) is 20.3 Å². The van der Waals surface area contributed by atoms with E-state index in [9.17, 15) is 0 Å². The standard InChI is InChI=1S/C14H30N2O/c1-4-6-8-16(12(3)5-2)10-14(15)13-7-9-17-11-13/h12-14H,4-11,15H2,1-3H3. The summed E-state index contributed by atoms with van der Waals surface area (Å²) in [6, 6.07) is 0.929. The SMILES string of the molecule is CCCCN(CC(N)C1CCOC1)C(C)CC. The molecule has 1 heterocycles. The van der Waals surface area contributed by atoms with Gasteiger partial charge in [0, 0.05) is 31.2 Å². The molecule has 0 aromatic heterocycles. The monoisotopic (exact) mass is 242 g/mol. The maximum atomic E-state index is 6.32. The van der Waals surface area contributed by atoms with Crippen molar-refractivity contribution in [2.24, 2.45) is 11.7 Å². The van der Waals surface area contributed by atoms with Gasteiger partial charge in [0.05, 0.1) is 6.61 Å². The number of rotatable bonds is 8.